The first-order valence-corrected chi connectivity index (χ1v) is 8.18. The molecule has 3 nitrogen and oxygen atoms in total. The Bertz CT molecular complexity index is 602. The third-order valence-corrected chi connectivity index (χ3v) is 5.55. The van der Waals surface area contributed by atoms with Crippen LogP contribution in [0.15, 0.2) is 22.9 Å². The van der Waals surface area contributed by atoms with Gasteiger partial charge >= 0.3 is 0 Å². The largest absolute Gasteiger partial charge is 0.397 e. The smallest absolute Gasteiger partial charge is 0.266 e. The molecule has 0 saturated heterocycles. The molecule has 1 atom stereocenters. The summed E-state index contributed by atoms with van der Waals surface area (Å²) in [6.45, 7) is 2.93. The number of carbonyl (C=O) groups is 1. The molecule has 2 N–H and O–H groups in total. The highest BCUT2D eigenvalue weighted by atomic mass is 32.1. The van der Waals surface area contributed by atoms with Crippen LogP contribution in [0.1, 0.15) is 39.5 Å². The van der Waals surface area contributed by atoms with Gasteiger partial charge in [-0.15, -0.1) is 22.7 Å². The zero-order valence-corrected chi connectivity index (χ0v) is 12.4. The Labute approximate surface area is 120 Å². The Morgan fingerprint density at radius 2 is 2.21 bits per heavy atom. The first-order chi connectivity index (χ1) is 9.22. The lowest BCUT2D eigenvalue weighted by Gasteiger charge is -2.35. The molecular weight excluding hydrogens is 276 g/mol. The minimum Gasteiger partial charge on any atom is -0.397 e. The molecule has 2 aromatic heterocycles. The quantitative estimate of drug-likeness (QED) is 0.920. The number of thiophene rings is 2. The molecule has 0 radical (unpaired) electrons. The SMILES string of the molecule is CCC1c2ccsc2CCN1C(=O)c1sccc1N. The van der Waals surface area contributed by atoms with Crippen LogP contribution in [-0.4, -0.2) is 17.4 Å². The van der Waals surface area contributed by atoms with E-state index in [4.69, 9.17) is 5.73 Å². The molecule has 0 aromatic carbocycles. The van der Waals surface area contributed by atoms with Gasteiger partial charge in [0.05, 0.1) is 11.7 Å². The van der Waals surface area contributed by atoms with Gasteiger partial charge in [0.25, 0.3) is 5.91 Å². The number of amides is 1. The van der Waals surface area contributed by atoms with Crippen molar-refractivity contribution in [1.82, 2.24) is 4.90 Å². The van der Waals surface area contributed by atoms with E-state index in [1.54, 1.807) is 17.4 Å². The molecule has 0 bridgehead atoms. The lowest BCUT2D eigenvalue weighted by molar-refractivity contribution is 0.0663. The van der Waals surface area contributed by atoms with Crippen LogP contribution in [-0.2, 0) is 6.42 Å². The predicted octanol–water partition coefficient (Wildman–Crippen LogP) is 3.54. The molecule has 100 valence electrons. The van der Waals surface area contributed by atoms with Gasteiger partial charge in [-0.05, 0) is 41.3 Å². The molecule has 5 heteroatoms. The van der Waals surface area contributed by atoms with Gasteiger partial charge in [0.2, 0.25) is 0 Å². The molecule has 0 aliphatic carbocycles. The highest BCUT2D eigenvalue weighted by Crippen LogP contribution is 2.37. The minimum atomic E-state index is 0.0798. The molecule has 1 aliphatic rings. The number of nitrogen functional groups attached to an aromatic ring is 1. The number of nitrogens with two attached hydrogens (primary N) is 1. The molecule has 0 fully saturated rings. The highest BCUT2D eigenvalue weighted by molar-refractivity contribution is 7.12. The lowest BCUT2D eigenvalue weighted by atomic mass is 9.97. The second-order valence-electron chi connectivity index (χ2n) is 4.68. The van der Waals surface area contributed by atoms with Gasteiger partial charge < -0.3 is 10.6 Å². The number of hydrogen-bond acceptors (Lipinski definition) is 4. The predicted molar refractivity (Wildman–Crippen MR) is 80.8 cm³/mol. The third-order valence-electron chi connectivity index (χ3n) is 3.63. The normalized spacial score (nSPS) is 18.4. The molecule has 0 saturated carbocycles. The van der Waals surface area contributed by atoms with Crippen molar-refractivity contribution >= 4 is 34.3 Å². The monoisotopic (exact) mass is 292 g/mol. The standard InChI is InChI=1S/C14H16N2OS2/c1-2-11-9-4-7-18-12(9)3-6-16(11)14(17)13-10(15)5-8-19-13/h4-5,7-8,11H,2-3,6,15H2,1H3. The van der Waals surface area contributed by atoms with Crippen molar-refractivity contribution in [1.29, 1.82) is 0 Å². The summed E-state index contributed by atoms with van der Waals surface area (Å²) in [5, 5.41) is 4.00. The van der Waals surface area contributed by atoms with Gasteiger partial charge in [-0.2, -0.15) is 0 Å². The Kier molecular flexibility index (Phi) is 3.33. The lowest BCUT2D eigenvalue weighted by Crippen LogP contribution is -2.39. The van der Waals surface area contributed by atoms with E-state index in [-0.39, 0.29) is 11.9 Å². The molecule has 2 aromatic rings. The summed E-state index contributed by atoms with van der Waals surface area (Å²) in [6.07, 6.45) is 1.90. The van der Waals surface area contributed by atoms with E-state index in [0.29, 0.717) is 10.6 Å². The first-order valence-electron chi connectivity index (χ1n) is 6.42. The van der Waals surface area contributed by atoms with Gasteiger partial charge in [0, 0.05) is 11.4 Å². The van der Waals surface area contributed by atoms with Crippen molar-refractivity contribution in [2.45, 2.75) is 25.8 Å². The minimum absolute atomic E-state index is 0.0798. The van der Waals surface area contributed by atoms with E-state index >= 15 is 0 Å². The van der Waals surface area contributed by atoms with Crippen molar-refractivity contribution in [3.8, 4) is 0 Å². The van der Waals surface area contributed by atoms with Crippen molar-refractivity contribution in [3.63, 3.8) is 0 Å². The van der Waals surface area contributed by atoms with E-state index in [2.05, 4.69) is 18.4 Å². The van der Waals surface area contributed by atoms with Crippen molar-refractivity contribution < 1.29 is 4.79 Å². The Morgan fingerprint density at radius 3 is 2.89 bits per heavy atom. The van der Waals surface area contributed by atoms with Crippen LogP contribution in [0.4, 0.5) is 5.69 Å². The van der Waals surface area contributed by atoms with Crippen LogP contribution < -0.4 is 5.73 Å². The number of fused-ring (bicyclic) bond motifs is 1. The molecule has 3 heterocycles. The van der Waals surface area contributed by atoms with Crippen LogP contribution in [0.2, 0.25) is 0 Å². The maximum absolute atomic E-state index is 12.6. The fourth-order valence-electron chi connectivity index (χ4n) is 2.70. The van der Waals surface area contributed by atoms with E-state index in [9.17, 15) is 4.79 Å². The van der Waals surface area contributed by atoms with Crippen LogP contribution in [0.3, 0.4) is 0 Å². The fraction of sp³-hybridized carbons (Fsp3) is 0.357. The first kappa shape index (κ1) is 12.7. The Morgan fingerprint density at radius 1 is 1.42 bits per heavy atom. The molecule has 1 amide bonds. The summed E-state index contributed by atoms with van der Waals surface area (Å²) in [5.74, 6) is 0.0798. The molecule has 1 aliphatic heterocycles. The zero-order valence-electron chi connectivity index (χ0n) is 10.8. The number of anilines is 1. The second-order valence-corrected chi connectivity index (χ2v) is 6.59. The number of nitrogens with zero attached hydrogens (tertiary/aromatic N) is 1. The Hall–Kier alpha value is -1.33. The van der Waals surface area contributed by atoms with Gasteiger partial charge in [-0.3, -0.25) is 4.79 Å². The van der Waals surface area contributed by atoms with Gasteiger partial charge in [-0.1, -0.05) is 6.92 Å². The zero-order chi connectivity index (χ0) is 13.4. The number of rotatable bonds is 2. The average Bonchev–Trinajstić information content (AvgIpc) is 3.04. The van der Waals surface area contributed by atoms with E-state index < -0.39 is 0 Å². The molecule has 19 heavy (non-hydrogen) atoms. The summed E-state index contributed by atoms with van der Waals surface area (Å²) in [6, 6.07) is 4.16. The maximum atomic E-state index is 12.6. The summed E-state index contributed by atoms with van der Waals surface area (Å²) < 4.78 is 0. The van der Waals surface area contributed by atoms with Crippen LogP contribution in [0.25, 0.3) is 0 Å². The molecule has 3 rings (SSSR count). The van der Waals surface area contributed by atoms with Gasteiger partial charge in [0.15, 0.2) is 0 Å². The Balaban J connectivity index is 1.94. The van der Waals surface area contributed by atoms with Crippen molar-refractivity contribution in [3.05, 3.63) is 38.2 Å². The summed E-state index contributed by atoms with van der Waals surface area (Å²) >= 11 is 3.23. The highest BCUT2D eigenvalue weighted by Gasteiger charge is 2.31. The van der Waals surface area contributed by atoms with E-state index in [1.807, 2.05) is 10.3 Å². The van der Waals surface area contributed by atoms with Crippen molar-refractivity contribution in [2.24, 2.45) is 0 Å². The average molecular weight is 292 g/mol. The van der Waals surface area contributed by atoms with Crippen LogP contribution >= 0.6 is 22.7 Å². The van der Waals surface area contributed by atoms with E-state index in [0.717, 1.165) is 19.4 Å². The van der Waals surface area contributed by atoms with Crippen LogP contribution in [0.5, 0.6) is 0 Å². The van der Waals surface area contributed by atoms with Gasteiger partial charge in [0.1, 0.15) is 4.88 Å². The van der Waals surface area contributed by atoms with Gasteiger partial charge in [-0.25, -0.2) is 0 Å². The number of carbonyl (C=O) groups excluding carboxylic acids is 1. The summed E-state index contributed by atoms with van der Waals surface area (Å²) in [7, 11) is 0. The van der Waals surface area contributed by atoms with Crippen molar-refractivity contribution in [2.75, 3.05) is 12.3 Å². The summed E-state index contributed by atoms with van der Waals surface area (Å²) in [5.41, 5.74) is 7.79. The molecule has 1 unspecified atom stereocenters. The maximum Gasteiger partial charge on any atom is 0.266 e. The van der Waals surface area contributed by atoms with E-state index in [1.165, 1.54) is 21.8 Å². The second kappa shape index (κ2) is 4.98. The third kappa shape index (κ3) is 2.07. The molecule has 0 spiro atoms. The number of hydrogen-bond donors (Lipinski definition) is 1. The molecular formula is C14H16N2OS2. The van der Waals surface area contributed by atoms with Crippen LogP contribution in [0, 0.1) is 0 Å². The topological polar surface area (TPSA) is 46.3 Å². The fourth-order valence-corrected chi connectivity index (χ4v) is 4.40. The summed E-state index contributed by atoms with van der Waals surface area (Å²) in [4.78, 5) is 16.7.